The van der Waals surface area contributed by atoms with Gasteiger partial charge in [-0.25, -0.2) is 0 Å². The summed E-state index contributed by atoms with van der Waals surface area (Å²) in [5.74, 6) is 0.296. The Bertz CT molecular complexity index is 630. The highest BCUT2D eigenvalue weighted by Gasteiger charge is 2.63. The molecule has 1 aromatic carbocycles. The van der Waals surface area contributed by atoms with E-state index in [1.807, 2.05) is 18.2 Å². The Balaban J connectivity index is 1.83. The zero-order valence-electron chi connectivity index (χ0n) is 12.8. The van der Waals surface area contributed by atoms with E-state index < -0.39 is 0 Å². The lowest BCUT2D eigenvalue weighted by atomic mass is 9.70. The molecule has 3 nitrogen and oxygen atoms in total. The van der Waals surface area contributed by atoms with E-state index in [1.54, 1.807) is 18.3 Å². The van der Waals surface area contributed by atoms with Crippen LogP contribution < -0.4 is 5.32 Å². The Morgan fingerprint density at radius 3 is 2.48 bits per heavy atom. The minimum Gasteiger partial charge on any atom is -0.328 e. The van der Waals surface area contributed by atoms with Gasteiger partial charge in [-0.3, -0.25) is 9.59 Å². The molecule has 2 aliphatic carbocycles. The van der Waals surface area contributed by atoms with Crippen molar-refractivity contribution in [2.75, 3.05) is 0 Å². The van der Waals surface area contributed by atoms with Gasteiger partial charge in [0.15, 0.2) is 5.78 Å². The molecule has 0 saturated heterocycles. The van der Waals surface area contributed by atoms with E-state index in [0.29, 0.717) is 5.56 Å². The third-order valence-corrected chi connectivity index (χ3v) is 5.76. The number of allylic oxidation sites excluding steroid dienone is 1. The molecule has 1 amide bonds. The van der Waals surface area contributed by atoms with Crippen LogP contribution in [0.1, 0.15) is 44.0 Å². The second kappa shape index (κ2) is 4.55. The predicted molar refractivity (Wildman–Crippen MR) is 81.6 cm³/mol. The molecule has 2 aliphatic rings. The van der Waals surface area contributed by atoms with Crippen LogP contribution in [0.2, 0.25) is 0 Å². The van der Waals surface area contributed by atoms with Gasteiger partial charge in [-0.05, 0) is 36.3 Å². The molecule has 1 N–H and O–H groups in total. The first kappa shape index (κ1) is 14.1. The lowest BCUT2D eigenvalue weighted by Gasteiger charge is -2.31. The van der Waals surface area contributed by atoms with Crippen LogP contribution in [-0.4, -0.2) is 11.7 Å². The second-order valence-electron chi connectivity index (χ2n) is 6.91. The van der Waals surface area contributed by atoms with Crippen LogP contribution in [0.15, 0.2) is 42.1 Å². The maximum Gasteiger partial charge on any atom is 0.255 e. The molecule has 0 aromatic heterocycles. The van der Waals surface area contributed by atoms with Gasteiger partial charge in [0.2, 0.25) is 0 Å². The summed E-state index contributed by atoms with van der Waals surface area (Å²) in [6.45, 7) is 6.40. The Morgan fingerprint density at radius 2 is 1.90 bits per heavy atom. The van der Waals surface area contributed by atoms with E-state index in [2.05, 4.69) is 26.1 Å². The van der Waals surface area contributed by atoms with Crippen molar-refractivity contribution in [3.8, 4) is 0 Å². The number of Topliss-reactive ketones (excluding diaryl/α,β-unsaturated/α-hetero) is 1. The molecular weight excluding hydrogens is 262 g/mol. The zero-order valence-corrected chi connectivity index (χ0v) is 12.8. The lowest BCUT2D eigenvalue weighted by molar-refractivity contribution is -0.125. The summed E-state index contributed by atoms with van der Waals surface area (Å²) >= 11 is 0. The molecule has 2 fully saturated rings. The van der Waals surface area contributed by atoms with Crippen LogP contribution in [0, 0.1) is 16.7 Å². The first-order valence-corrected chi connectivity index (χ1v) is 7.49. The molecule has 1 aromatic rings. The molecule has 2 atom stereocenters. The van der Waals surface area contributed by atoms with Gasteiger partial charge in [0, 0.05) is 22.8 Å². The van der Waals surface area contributed by atoms with Crippen LogP contribution in [0.3, 0.4) is 0 Å². The van der Waals surface area contributed by atoms with Gasteiger partial charge in [0.25, 0.3) is 5.91 Å². The highest BCUT2D eigenvalue weighted by atomic mass is 16.1. The Kier molecular flexibility index (Phi) is 3.05. The highest BCUT2D eigenvalue weighted by molar-refractivity contribution is 6.05. The number of amides is 1. The molecule has 2 unspecified atom stereocenters. The van der Waals surface area contributed by atoms with Crippen LogP contribution >= 0.6 is 0 Å². The molecule has 0 spiro atoms. The number of carbonyl (C=O) groups excluding carboxylic acids is 2. The number of ketones is 1. The molecule has 2 saturated carbocycles. The molecule has 21 heavy (non-hydrogen) atoms. The molecule has 0 radical (unpaired) electrons. The van der Waals surface area contributed by atoms with Crippen molar-refractivity contribution in [2.24, 2.45) is 16.7 Å². The molecule has 0 heterocycles. The van der Waals surface area contributed by atoms with E-state index >= 15 is 0 Å². The average molecular weight is 283 g/mol. The molecule has 3 heteroatoms. The Labute approximate surface area is 125 Å². The summed E-state index contributed by atoms with van der Waals surface area (Å²) in [6, 6.07) is 9.06. The number of hydrogen-bond donors (Lipinski definition) is 1. The molecule has 110 valence electrons. The number of nitrogens with one attached hydrogen (secondary N) is 1. The van der Waals surface area contributed by atoms with Gasteiger partial charge < -0.3 is 5.32 Å². The highest BCUT2D eigenvalue weighted by Crippen LogP contribution is 2.65. The fourth-order valence-electron chi connectivity index (χ4n) is 3.91. The van der Waals surface area contributed by atoms with Crippen molar-refractivity contribution in [1.82, 2.24) is 5.32 Å². The van der Waals surface area contributed by atoms with Crippen LogP contribution in [0.5, 0.6) is 0 Å². The first-order chi connectivity index (χ1) is 9.88. The molecule has 2 bridgehead atoms. The summed E-state index contributed by atoms with van der Waals surface area (Å²) in [6.07, 6.45) is 3.63. The Hall–Kier alpha value is -1.90. The molecule has 0 aliphatic heterocycles. The first-order valence-electron chi connectivity index (χ1n) is 7.49. The zero-order chi connectivity index (χ0) is 15.3. The van der Waals surface area contributed by atoms with Gasteiger partial charge in [-0.1, -0.05) is 39.0 Å². The van der Waals surface area contributed by atoms with Crippen molar-refractivity contribution >= 4 is 11.7 Å². The normalized spacial score (nSPS) is 31.7. The minimum absolute atomic E-state index is 0.0204. The summed E-state index contributed by atoms with van der Waals surface area (Å²) in [4.78, 5) is 24.7. The summed E-state index contributed by atoms with van der Waals surface area (Å²) < 4.78 is 0. The van der Waals surface area contributed by atoms with Crippen LogP contribution in [0.4, 0.5) is 0 Å². The summed E-state index contributed by atoms with van der Waals surface area (Å²) in [5.41, 5.74) is 1.10. The largest absolute Gasteiger partial charge is 0.328 e. The van der Waals surface area contributed by atoms with Gasteiger partial charge >= 0.3 is 0 Å². The van der Waals surface area contributed by atoms with Crippen molar-refractivity contribution in [3.05, 3.63) is 47.7 Å². The fraction of sp³-hybridized carbons (Fsp3) is 0.444. The maximum atomic E-state index is 12.6. The van der Waals surface area contributed by atoms with Crippen LogP contribution in [-0.2, 0) is 4.79 Å². The van der Waals surface area contributed by atoms with E-state index in [0.717, 1.165) is 18.4 Å². The average Bonchev–Trinajstić information content (AvgIpc) is 2.78. The van der Waals surface area contributed by atoms with Gasteiger partial charge in [-0.2, -0.15) is 0 Å². The van der Waals surface area contributed by atoms with E-state index in [-0.39, 0.29) is 28.4 Å². The standard InChI is InChI=1S/C18H21NO2/c1-17(2)14-9-10-18(17,3)15(20)13(14)11-19-16(21)12-7-5-4-6-8-12/h4-8,11,14H,9-10H2,1-3H3,(H,19,21)/b13-11+. The smallest absolute Gasteiger partial charge is 0.255 e. The molecular formula is C18H21NO2. The van der Waals surface area contributed by atoms with Crippen LogP contribution in [0.25, 0.3) is 0 Å². The van der Waals surface area contributed by atoms with Gasteiger partial charge in [0.1, 0.15) is 0 Å². The van der Waals surface area contributed by atoms with Crippen molar-refractivity contribution in [3.63, 3.8) is 0 Å². The summed E-state index contributed by atoms with van der Waals surface area (Å²) in [7, 11) is 0. The number of fused-ring (bicyclic) bond motifs is 2. The van der Waals surface area contributed by atoms with Gasteiger partial charge in [-0.15, -0.1) is 0 Å². The maximum absolute atomic E-state index is 12.6. The third kappa shape index (κ3) is 1.87. The van der Waals surface area contributed by atoms with Crippen molar-refractivity contribution in [1.29, 1.82) is 0 Å². The lowest BCUT2D eigenvalue weighted by Crippen LogP contribution is -2.32. The number of benzene rings is 1. The fourth-order valence-corrected chi connectivity index (χ4v) is 3.91. The second-order valence-corrected chi connectivity index (χ2v) is 6.91. The monoisotopic (exact) mass is 283 g/mol. The predicted octanol–water partition coefficient (Wildman–Crippen LogP) is 3.33. The topological polar surface area (TPSA) is 46.2 Å². The van der Waals surface area contributed by atoms with Gasteiger partial charge in [0.05, 0.1) is 0 Å². The third-order valence-electron chi connectivity index (χ3n) is 5.76. The number of carbonyl (C=O) groups is 2. The SMILES string of the molecule is CC12CCC(/C(=C\NC(=O)c3ccccc3)C1=O)C2(C)C. The summed E-state index contributed by atoms with van der Waals surface area (Å²) in [5, 5.41) is 2.79. The quantitative estimate of drug-likeness (QED) is 0.846. The Morgan fingerprint density at radius 1 is 1.24 bits per heavy atom. The van der Waals surface area contributed by atoms with E-state index in [1.165, 1.54) is 0 Å². The minimum atomic E-state index is -0.277. The van der Waals surface area contributed by atoms with E-state index in [4.69, 9.17) is 0 Å². The number of hydrogen-bond acceptors (Lipinski definition) is 2. The number of rotatable bonds is 2. The molecule has 3 rings (SSSR count). The van der Waals surface area contributed by atoms with E-state index in [9.17, 15) is 9.59 Å². The van der Waals surface area contributed by atoms with Crippen molar-refractivity contribution in [2.45, 2.75) is 33.6 Å². The van der Waals surface area contributed by atoms with Crippen molar-refractivity contribution < 1.29 is 9.59 Å².